The summed E-state index contributed by atoms with van der Waals surface area (Å²) < 4.78 is 46.3. The number of carbonyl (C=O) groups excluding carboxylic acids is 4. The molecule has 13 nitrogen and oxygen atoms in total. The van der Waals surface area contributed by atoms with Crippen molar-refractivity contribution in [2.24, 2.45) is 11.3 Å². The molecule has 58 heavy (non-hydrogen) atoms. The molecule has 2 aromatic heterocycles. The molecule has 2 aliphatic heterocycles. The number of ether oxygens (including phenoxy) is 3. The highest BCUT2D eigenvalue weighted by atomic mass is 32.2. The number of amides is 3. The van der Waals surface area contributed by atoms with Crippen LogP contribution in [0.4, 0.5) is 0 Å². The van der Waals surface area contributed by atoms with Crippen molar-refractivity contribution in [3.05, 3.63) is 57.8 Å². The molecule has 0 unspecified atom stereocenters. The van der Waals surface area contributed by atoms with Crippen molar-refractivity contribution in [3.63, 3.8) is 0 Å². The number of hydrogen-bond donors (Lipinski definition) is 2. The molecule has 8 rings (SSSR count). The average molecular weight is 833 g/mol. The van der Waals surface area contributed by atoms with Crippen molar-refractivity contribution in [1.82, 2.24) is 19.9 Å². The van der Waals surface area contributed by atoms with E-state index in [0.717, 1.165) is 42.5 Å². The summed E-state index contributed by atoms with van der Waals surface area (Å²) in [5.41, 5.74) is 0.191. The SMILES string of the molecule is COc1ccc2c(O[C@@H]3C[C@H]4C(=O)C[C@]5(C(=O)NS(=O)(=O)C6(C)CC6)C[C@@H]5/C=C\CCCCC[C@H](NC(=O)c5ccc(C)s5)C(=O)N4C3)cc(OC3CC3)nc2c1C. The highest BCUT2D eigenvalue weighted by Crippen LogP contribution is 2.57. The maximum atomic E-state index is 14.8. The Morgan fingerprint density at radius 1 is 0.983 bits per heavy atom. The molecule has 4 fully saturated rings. The largest absolute Gasteiger partial charge is 0.496 e. The predicted octanol–water partition coefficient (Wildman–Crippen LogP) is 6.09. The Balaban J connectivity index is 1.13. The van der Waals surface area contributed by atoms with E-state index in [4.69, 9.17) is 19.2 Å². The Hall–Kier alpha value is -4.50. The Bertz CT molecular complexity index is 2280. The van der Waals surface area contributed by atoms with Gasteiger partial charge >= 0.3 is 0 Å². The van der Waals surface area contributed by atoms with E-state index in [1.54, 1.807) is 26.2 Å². The van der Waals surface area contributed by atoms with E-state index in [-0.39, 0.29) is 43.1 Å². The van der Waals surface area contributed by atoms with Crippen molar-refractivity contribution in [2.75, 3.05) is 13.7 Å². The number of pyridine rings is 1. The molecule has 3 aliphatic carbocycles. The minimum absolute atomic E-state index is 0.0484. The molecule has 310 valence electrons. The van der Waals surface area contributed by atoms with Crippen LogP contribution in [-0.2, 0) is 24.4 Å². The van der Waals surface area contributed by atoms with Gasteiger partial charge in [0.1, 0.15) is 29.7 Å². The first-order valence-electron chi connectivity index (χ1n) is 20.5. The van der Waals surface area contributed by atoms with Gasteiger partial charge in [0, 0.05) is 34.7 Å². The van der Waals surface area contributed by atoms with Gasteiger partial charge in [0.05, 0.1) is 40.3 Å². The van der Waals surface area contributed by atoms with E-state index in [0.29, 0.717) is 65.3 Å². The molecule has 5 atom stereocenters. The number of carbonyl (C=O) groups is 4. The predicted molar refractivity (Wildman–Crippen MR) is 219 cm³/mol. The maximum Gasteiger partial charge on any atom is 0.262 e. The minimum atomic E-state index is -3.95. The molecular formula is C43H52N4O9S2. The van der Waals surface area contributed by atoms with E-state index < -0.39 is 50.2 Å². The van der Waals surface area contributed by atoms with Crippen LogP contribution >= 0.6 is 11.3 Å². The number of nitrogens with one attached hydrogen (secondary N) is 2. The lowest BCUT2D eigenvalue weighted by molar-refractivity contribution is -0.140. The molecule has 3 aromatic rings. The summed E-state index contributed by atoms with van der Waals surface area (Å²) in [7, 11) is -2.36. The number of aromatic nitrogens is 1. The van der Waals surface area contributed by atoms with Crippen LogP contribution in [0.5, 0.6) is 17.4 Å². The van der Waals surface area contributed by atoms with Crippen LogP contribution in [0.25, 0.3) is 10.9 Å². The zero-order chi connectivity index (χ0) is 41.0. The second kappa shape index (κ2) is 15.6. The smallest absolute Gasteiger partial charge is 0.262 e. The van der Waals surface area contributed by atoms with Gasteiger partial charge in [-0.15, -0.1) is 11.3 Å². The summed E-state index contributed by atoms with van der Waals surface area (Å²) in [5, 5.41) is 3.71. The summed E-state index contributed by atoms with van der Waals surface area (Å²) >= 11 is 1.34. The van der Waals surface area contributed by atoms with E-state index in [2.05, 4.69) is 10.0 Å². The number of rotatable bonds is 10. The summed E-state index contributed by atoms with van der Waals surface area (Å²) in [6, 6.07) is 7.16. The standard InChI is InChI=1S/C43H52N4O9S2/c1-25-12-17-36(57-25)39(49)44-31-11-9-7-5-6-8-10-27-22-43(27,41(51)46-58(52,53)42(3)18-19-42)23-33(48)32-20-29(24-47(32)40(31)50)55-35-21-37(56-28-13-14-28)45-38-26(2)34(54-4)16-15-30(35)38/h8,10,12,15-17,21,27-29,31-32H,5-7,9,11,13-14,18-20,22-24H2,1-4H3,(H,44,49)(H,46,51)/b10-8-/t27-,29+,31-,32-,43+/m0/s1. The topological polar surface area (TPSA) is 170 Å². The number of hydrogen-bond acceptors (Lipinski definition) is 11. The van der Waals surface area contributed by atoms with Crippen molar-refractivity contribution in [1.29, 1.82) is 0 Å². The molecule has 0 spiro atoms. The monoisotopic (exact) mass is 832 g/mol. The molecule has 2 N–H and O–H groups in total. The van der Waals surface area contributed by atoms with Crippen LogP contribution in [-0.4, -0.2) is 84.5 Å². The number of methoxy groups -OCH3 is 1. The average Bonchev–Trinajstić information content (AvgIpc) is 4.15. The molecular weight excluding hydrogens is 781 g/mol. The second-order valence-corrected chi connectivity index (χ2v) is 20.5. The van der Waals surface area contributed by atoms with Crippen molar-refractivity contribution >= 4 is 55.8 Å². The Morgan fingerprint density at radius 2 is 1.78 bits per heavy atom. The third kappa shape index (κ3) is 8.08. The highest BCUT2D eigenvalue weighted by Gasteiger charge is 2.62. The lowest BCUT2D eigenvalue weighted by atomic mass is 9.91. The zero-order valence-corrected chi connectivity index (χ0v) is 35.1. The van der Waals surface area contributed by atoms with Crippen LogP contribution in [0, 0.1) is 25.2 Å². The lowest BCUT2D eigenvalue weighted by Crippen LogP contribution is -2.52. The van der Waals surface area contributed by atoms with Gasteiger partial charge in [-0.25, -0.2) is 13.4 Å². The summed E-state index contributed by atoms with van der Waals surface area (Å²) in [6.45, 7) is 5.49. The number of allylic oxidation sites excluding steroid dienone is 2. The van der Waals surface area contributed by atoms with Gasteiger partial charge in [-0.1, -0.05) is 25.0 Å². The number of Topliss-reactive ketones (excluding diaryl/α,β-unsaturated/α-hetero) is 1. The number of aryl methyl sites for hydroxylation is 2. The van der Waals surface area contributed by atoms with Gasteiger partial charge in [0.25, 0.3) is 5.91 Å². The molecule has 1 saturated heterocycles. The quantitative estimate of drug-likeness (QED) is 0.228. The molecule has 15 heteroatoms. The third-order valence-corrected chi connectivity index (χ3v) is 15.7. The number of nitrogens with zero attached hydrogens (tertiary/aromatic N) is 2. The van der Waals surface area contributed by atoms with Crippen LogP contribution < -0.4 is 24.2 Å². The zero-order valence-electron chi connectivity index (χ0n) is 33.5. The number of sulfonamides is 1. The van der Waals surface area contributed by atoms with Crippen molar-refractivity contribution in [3.8, 4) is 17.4 Å². The van der Waals surface area contributed by atoms with Crippen LogP contribution in [0.2, 0.25) is 0 Å². The van der Waals surface area contributed by atoms with Crippen LogP contribution in [0.1, 0.15) is 104 Å². The molecule has 4 heterocycles. The fourth-order valence-electron chi connectivity index (χ4n) is 8.35. The highest BCUT2D eigenvalue weighted by molar-refractivity contribution is 7.91. The Labute approximate surface area is 343 Å². The van der Waals surface area contributed by atoms with Crippen molar-refractivity contribution in [2.45, 2.75) is 127 Å². The van der Waals surface area contributed by atoms with Gasteiger partial charge in [-0.3, -0.25) is 23.9 Å². The number of thiophene rings is 1. The van der Waals surface area contributed by atoms with Crippen LogP contribution in [0.15, 0.2) is 42.5 Å². The minimum Gasteiger partial charge on any atom is -0.496 e. The molecule has 1 aromatic carbocycles. The maximum absolute atomic E-state index is 14.8. The van der Waals surface area contributed by atoms with Gasteiger partial charge in [-0.05, 0) is 102 Å². The third-order valence-electron chi connectivity index (χ3n) is 12.6. The van der Waals surface area contributed by atoms with E-state index >= 15 is 0 Å². The van der Waals surface area contributed by atoms with Gasteiger partial charge in [0.15, 0.2) is 5.78 Å². The Kier molecular flexibility index (Phi) is 10.8. The second-order valence-electron chi connectivity index (χ2n) is 17.0. The first-order chi connectivity index (χ1) is 27.7. The van der Waals surface area contributed by atoms with Gasteiger partial charge in [-0.2, -0.15) is 0 Å². The van der Waals surface area contributed by atoms with Crippen molar-refractivity contribution < 1.29 is 41.8 Å². The van der Waals surface area contributed by atoms with E-state index in [1.165, 1.54) is 16.2 Å². The summed E-state index contributed by atoms with van der Waals surface area (Å²) in [6.07, 6.45) is 9.77. The summed E-state index contributed by atoms with van der Waals surface area (Å²) in [4.78, 5) is 64.8. The number of ketones is 1. The number of benzene rings is 1. The fraction of sp³-hybridized carbons (Fsp3) is 0.558. The molecule has 3 amide bonds. The Morgan fingerprint density at radius 3 is 2.48 bits per heavy atom. The van der Waals surface area contributed by atoms with E-state index in [1.807, 2.05) is 44.2 Å². The molecule has 0 bridgehead atoms. The van der Waals surface area contributed by atoms with Crippen LogP contribution in [0.3, 0.4) is 0 Å². The van der Waals surface area contributed by atoms with E-state index in [9.17, 15) is 27.6 Å². The normalized spacial score (nSPS) is 27.7. The summed E-state index contributed by atoms with van der Waals surface area (Å²) in [5.74, 6) is -0.553. The van der Waals surface area contributed by atoms with Gasteiger partial charge < -0.3 is 24.4 Å². The lowest BCUT2D eigenvalue weighted by Gasteiger charge is -2.29. The number of fused-ring (bicyclic) bond motifs is 3. The molecule has 3 saturated carbocycles. The molecule has 0 radical (unpaired) electrons. The van der Waals surface area contributed by atoms with Gasteiger partial charge in [0.2, 0.25) is 27.7 Å². The molecule has 5 aliphatic rings. The first kappa shape index (κ1) is 40.3. The first-order valence-corrected chi connectivity index (χ1v) is 22.8. The fourth-order valence-corrected chi connectivity index (χ4v) is 10.4.